The van der Waals surface area contributed by atoms with Crippen molar-refractivity contribution in [3.05, 3.63) is 58.5 Å². The predicted molar refractivity (Wildman–Crippen MR) is 96.6 cm³/mol. The smallest absolute Gasteiger partial charge is 0.264 e. The van der Waals surface area contributed by atoms with Gasteiger partial charge >= 0.3 is 0 Å². The first-order valence-corrected chi connectivity index (χ1v) is 8.54. The number of hydrogen-bond donors (Lipinski definition) is 1. The molecule has 0 atom stereocenters. The van der Waals surface area contributed by atoms with Gasteiger partial charge in [-0.2, -0.15) is 0 Å². The molecule has 2 aromatic heterocycles. The molecule has 0 saturated carbocycles. The van der Waals surface area contributed by atoms with Gasteiger partial charge in [-0.25, -0.2) is 0 Å². The second-order valence-electron chi connectivity index (χ2n) is 5.56. The SMILES string of the molecule is Cc1cc(NC(=O)CN(C)C(=O)c2sccc2-c2ccccc2)no1. The lowest BCUT2D eigenvalue weighted by Crippen LogP contribution is -2.34. The molecule has 2 amide bonds. The summed E-state index contributed by atoms with van der Waals surface area (Å²) in [6, 6.07) is 13.2. The third-order valence-corrected chi connectivity index (χ3v) is 4.47. The monoisotopic (exact) mass is 355 g/mol. The summed E-state index contributed by atoms with van der Waals surface area (Å²) in [5.41, 5.74) is 1.85. The summed E-state index contributed by atoms with van der Waals surface area (Å²) in [5, 5.41) is 8.19. The Morgan fingerprint density at radius 3 is 2.68 bits per heavy atom. The maximum absolute atomic E-state index is 12.7. The highest BCUT2D eigenvalue weighted by Gasteiger charge is 2.20. The van der Waals surface area contributed by atoms with Crippen LogP contribution in [0.3, 0.4) is 0 Å². The third-order valence-electron chi connectivity index (χ3n) is 3.57. The Labute approximate surface area is 149 Å². The summed E-state index contributed by atoms with van der Waals surface area (Å²) in [6.45, 7) is 1.66. The fourth-order valence-corrected chi connectivity index (χ4v) is 3.30. The summed E-state index contributed by atoms with van der Waals surface area (Å²) in [4.78, 5) is 26.8. The van der Waals surface area contributed by atoms with E-state index in [1.54, 1.807) is 20.0 Å². The van der Waals surface area contributed by atoms with Crippen LogP contribution in [-0.4, -0.2) is 35.5 Å². The first kappa shape index (κ1) is 16.9. The number of benzene rings is 1. The van der Waals surface area contributed by atoms with Crippen LogP contribution in [0, 0.1) is 6.92 Å². The van der Waals surface area contributed by atoms with Gasteiger partial charge in [0.25, 0.3) is 5.91 Å². The molecule has 0 bridgehead atoms. The number of amides is 2. The van der Waals surface area contributed by atoms with Gasteiger partial charge in [0.2, 0.25) is 5.91 Å². The molecule has 0 spiro atoms. The molecular formula is C18H17N3O3S. The molecule has 1 N–H and O–H groups in total. The van der Waals surface area contributed by atoms with E-state index in [0.717, 1.165) is 11.1 Å². The molecule has 6 nitrogen and oxygen atoms in total. The molecular weight excluding hydrogens is 338 g/mol. The molecule has 0 saturated heterocycles. The number of thiophene rings is 1. The predicted octanol–water partition coefficient (Wildman–Crippen LogP) is 3.42. The van der Waals surface area contributed by atoms with Crippen LogP contribution < -0.4 is 5.32 Å². The Morgan fingerprint density at radius 2 is 2.00 bits per heavy atom. The van der Waals surface area contributed by atoms with E-state index in [4.69, 9.17) is 4.52 Å². The van der Waals surface area contributed by atoms with Gasteiger partial charge in [0.15, 0.2) is 5.82 Å². The number of nitrogens with one attached hydrogen (secondary N) is 1. The zero-order valence-electron chi connectivity index (χ0n) is 13.9. The maximum Gasteiger partial charge on any atom is 0.264 e. The number of aromatic nitrogens is 1. The van der Waals surface area contributed by atoms with Crippen molar-refractivity contribution in [1.29, 1.82) is 0 Å². The highest BCUT2D eigenvalue weighted by atomic mass is 32.1. The van der Waals surface area contributed by atoms with E-state index in [9.17, 15) is 9.59 Å². The van der Waals surface area contributed by atoms with E-state index in [-0.39, 0.29) is 18.4 Å². The number of nitrogens with zero attached hydrogens (tertiary/aromatic N) is 2. The minimum atomic E-state index is -0.332. The fraction of sp³-hybridized carbons (Fsp3) is 0.167. The Bertz CT molecular complexity index is 886. The average molecular weight is 355 g/mol. The van der Waals surface area contributed by atoms with Crippen LogP contribution >= 0.6 is 11.3 Å². The summed E-state index contributed by atoms with van der Waals surface area (Å²) in [6.07, 6.45) is 0. The molecule has 7 heteroatoms. The number of hydrogen-bond acceptors (Lipinski definition) is 5. The lowest BCUT2D eigenvalue weighted by atomic mass is 10.1. The van der Waals surface area contributed by atoms with Gasteiger partial charge in [0.1, 0.15) is 5.76 Å². The van der Waals surface area contributed by atoms with E-state index in [0.29, 0.717) is 16.5 Å². The lowest BCUT2D eigenvalue weighted by molar-refractivity contribution is -0.116. The van der Waals surface area contributed by atoms with Crippen LogP contribution in [0.1, 0.15) is 15.4 Å². The lowest BCUT2D eigenvalue weighted by Gasteiger charge is -2.16. The minimum Gasteiger partial charge on any atom is -0.360 e. The Hall–Kier alpha value is -2.93. The first-order valence-electron chi connectivity index (χ1n) is 7.66. The van der Waals surface area contributed by atoms with Gasteiger partial charge in [0, 0.05) is 18.7 Å². The summed E-state index contributed by atoms with van der Waals surface area (Å²) >= 11 is 1.36. The van der Waals surface area contributed by atoms with Crippen LogP contribution in [0.4, 0.5) is 5.82 Å². The molecule has 0 fully saturated rings. The number of anilines is 1. The van der Waals surface area contributed by atoms with Gasteiger partial charge < -0.3 is 14.7 Å². The topological polar surface area (TPSA) is 75.4 Å². The van der Waals surface area contributed by atoms with Gasteiger partial charge in [-0.15, -0.1) is 11.3 Å². The number of rotatable bonds is 5. The van der Waals surface area contributed by atoms with Crippen LogP contribution in [0.5, 0.6) is 0 Å². The molecule has 3 aromatic rings. The van der Waals surface area contributed by atoms with Crippen LogP contribution in [0.25, 0.3) is 11.1 Å². The summed E-state index contributed by atoms with van der Waals surface area (Å²) in [5.74, 6) is 0.414. The molecule has 0 aliphatic heterocycles. The molecule has 25 heavy (non-hydrogen) atoms. The first-order chi connectivity index (χ1) is 12.0. The molecule has 1 aromatic carbocycles. The number of aryl methyl sites for hydroxylation is 1. The van der Waals surface area contributed by atoms with E-state index < -0.39 is 0 Å². The molecule has 128 valence electrons. The van der Waals surface area contributed by atoms with Crippen LogP contribution in [-0.2, 0) is 4.79 Å². The van der Waals surface area contributed by atoms with E-state index in [1.807, 2.05) is 41.8 Å². The Morgan fingerprint density at radius 1 is 1.24 bits per heavy atom. The second-order valence-corrected chi connectivity index (χ2v) is 6.48. The Balaban J connectivity index is 1.69. The van der Waals surface area contributed by atoms with Crippen LogP contribution in [0.15, 0.2) is 52.4 Å². The normalized spacial score (nSPS) is 10.5. The second kappa shape index (κ2) is 7.31. The van der Waals surface area contributed by atoms with Crippen molar-refractivity contribution in [2.75, 3.05) is 18.9 Å². The molecule has 0 unspecified atom stereocenters. The van der Waals surface area contributed by atoms with Crippen molar-refractivity contribution in [2.45, 2.75) is 6.92 Å². The third kappa shape index (κ3) is 3.95. The van der Waals surface area contributed by atoms with E-state index >= 15 is 0 Å². The quantitative estimate of drug-likeness (QED) is 0.761. The molecule has 0 radical (unpaired) electrons. The van der Waals surface area contributed by atoms with Crippen molar-refractivity contribution in [3.8, 4) is 11.1 Å². The fourth-order valence-electron chi connectivity index (χ4n) is 2.39. The summed E-state index contributed by atoms with van der Waals surface area (Å²) in [7, 11) is 1.60. The van der Waals surface area contributed by atoms with Crippen molar-refractivity contribution in [3.63, 3.8) is 0 Å². The van der Waals surface area contributed by atoms with Crippen molar-refractivity contribution < 1.29 is 14.1 Å². The average Bonchev–Trinajstić information content (AvgIpc) is 3.24. The van der Waals surface area contributed by atoms with Gasteiger partial charge in [0.05, 0.1) is 11.4 Å². The number of carbonyl (C=O) groups excluding carboxylic acids is 2. The minimum absolute atomic E-state index is 0.0725. The van der Waals surface area contributed by atoms with Crippen LogP contribution in [0.2, 0.25) is 0 Å². The molecule has 3 rings (SSSR count). The van der Waals surface area contributed by atoms with Crippen molar-refractivity contribution >= 4 is 29.0 Å². The van der Waals surface area contributed by atoms with Crippen molar-refractivity contribution in [1.82, 2.24) is 10.1 Å². The highest BCUT2D eigenvalue weighted by molar-refractivity contribution is 7.12. The number of carbonyl (C=O) groups is 2. The van der Waals surface area contributed by atoms with Crippen molar-refractivity contribution in [2.24, 2.45) is 0 Å². The highest BCUT2D eigenvalue weighted by Crippen LogP contribution is 2.29. The molecule has 0 aliphatic rings. The van der Waals surface area contributed by atoms with Gasteiger partial charge in [-0.1, -0.05) is 35.5 Å². The largest absolute Gasteiger partial charge is 0.360 e. The van der Waals surface area contributed by atoms with Gasteiger partial charge in [-0.05, 0) is 23.9 Å². The zero-order valence-corrected chi connectivity index (χ0v) is 14.7. The zero-order chi connectivity index (χ0) is 17.8. The molecule has 2 heterocycles. The maximum atomic E-state index is 12.7. The van der Waals surface area contributed by atoms with Gasteiger partial charge in [-0.3, -0.25) is 9.59 Å². The standard InChI is InChI=1S/C18H17N3O3S/c1-12-10-15(20-24-12)19-16(22)11-21(2)18(23)17-14(8-9-25-17)13-6-4-3-5-7-13/h3-10H,11H2,1-2H3,(H,19,20,22). The van der Waals surface area contributed by atoms with E-state index in [2.05, 4.69) is 10.5 Å². The number of likely N-dealkylation sites (N-methyl/N-ethyl adjacent to an activating group) is 1. The Kier molecular flexibility index (Phi) is 4.95. The summed E-state index contributed by atoms with van der Waals surface area (Å²) < 4.78 is 4.90. The van der Waals surface area contributed by atoms with E-state index in [1.165, 1.54) is 16.2 Å². The molecule has 0 aliphatic carbocycles.